The molecule has 24 heavy (non-hydrogen) atoms. The molecule has 0 bridgehead atoms. The third-order valence-corrected chi connectivity index (χ3v) is 5.38. The van der Waals surface area contributed by atoms with Crippen molar-refractivity contribution in [2.45, 2.75) is 32.2 Å². The fourth-order valence-corrected chi connectivity index (χ4v) is 3.90. The Labute approximate surface area is 157 Å². The van der Waals surface area contributed by atoms with Crippen LogP contribution in [0.1, 0.15) is 30.2 Å². The van der Waals surface area contributed by atoms with Gasteiger partial charge in [-0.15, -0.1) is 23.7 Å². The maximum Gasteiger partial charge on any atom is 0.229 e. The summed E-state index contributed by atoms with van der Waals surface area (Å²) in [4.78, 5) is 17.8. The van der Waals surface area contributed by atoms with Gasteiger partial charge in [-0.2, -0.15) is 0 Å². The van der Waals surface area contributed by atoms with Gasteiger partial charge in [0.2, 0.25) is 5.91 Å². The first-order chi connectivity index (χ1) is 11.1. The number of rotatable bonds is 4. The summed E-state index contributed by atoms with van der Waals surface area (Å²) in [6, 6.07) is 8.19. The van der Waals surface area contributed by atoms with E-state index >= 15 is 0 Å². The Morgan fingerprint density at radius 3 is 3.00 bits per heavy atom. The van der Waals surface area contributed by atoms with Crippen LogP contribution in [0.25, 0.3) is 0 Å². The Morgan fingerprint density at radius 1 is 1.46 bits per heavy atom. The van der Waals surface area contributed by atoms with Gasteiger partial charge in [0, 0.05) is 34.5 Å². The highest BCUT2D eigenvalue weighted by molar-refractivity contribution is 7.15. The zero-order valence-electron chi connectivity index (χ0n) is 13.4. The van der Waals surface area contributed by atoms with Crippen molar-refractivity contribution >= 4 is 46.4 Å². The van der Waals surface area contributed by atoms with Gasteiger partial charge in [-0.3, -0.25) is 4.79 Å². The topological polar surface area (TPSA) is 54.0 Å². The Kier molecular flexibility index (Phi) is 7.04. The molecular weight excluding hydrogens is 365 g/mol. The minimum absolute atomic E-state index is 0. The van der Waals surface area contributed by atoms with Crippen LogP contribution in [-0.4, -0.2) is 23.5 Å². The molecule has 0 spiro atoms. The van der Waals surface area contributed by atoms with Crippen LogP contribution in [0.2, 0.25) is 5.02 Å². The van der Waals surface area contributed by atoms with E-state index < -0.39 is 0 Å². The second-order valence-electron chi connectivity index (χ2n) is 5.97. The van der Waals surface area contributed by atoms with Gasteiger partial charge in [-0.05, 0) is 37.9 Å². The van der Waals surface area contributed by atoms with Crippen molar-refractivity contribution in [2.24, 2.45) is 5.92 Å². The van der Waals surface area contributed by atoms with E-state index in [2.05, 4.69) is 22.5 Å². The number of carbonyl (C=O) groups excluding carboxylic acids is 1. The van der Waals surface area contributed by atoms with Gasteiger partial charge < -0.3 is 10.6 Å². The smallest absolute Gasteiger partial charge is 0.229 e. The quantitative estimate of drug-likeness (QED) is 0.831. The third-order valence-electron chi connectivity index (χ3n) is 4.10. The van der Waals surface area contributed by atoms with Crippen LogP contribution in [-0.2, 0) is 11.2 Å². The molecule has 2 atom stereocenters. The number of nitrogens with one attached hydrogen (secondary N) is 2. The monoisotopic (exact) mass is 385 g/mol. The molecule has 2 aromatic rings. The molecule has 1 aliphatic rings. The molecule has 4 nitrogen and oxygen atoms in total. The lowest BCUT2D eigenvalue weighted by atomic mass is 9.93. The van der Waals surface area contributed by atoms with Gasteiger partial charge in [0.15, 0.2) is 5.13 Å². The number of anilines is 1. The van der Waals surface area contributed by atoms with Crippen LogP contribution in [0.3, 0.4) is 0 Å². The number of benzene rings is 1. The molecule has 1 amide bonds. The molecule has 7 heteroatoms. The van der Waals surface area contributed by atoms with Crippen LogP contribution >= 0.6 is 35.3 Å². The van der Waals surface area contributed by atoms with Gasteiger partial charge in [-0.1, -0.05) is 29.8 Å². The molecule has 0 unspecified atom stereocenters. The van der Waals surface area contributed by atoms with Gasteiger partial charge in [0.25, 0.3) is 0 Å². The molecule has 1 fully saturated rings. The van der Waals surface area contributed by atoms with Crippen LogP contribution in [0, 0.1) is 5.92 Å². The maximum atomic E-state index is 12.3. The number of amides is 1. The van der Waals surface area contributed by atoms with E-state index in [9.17, 15) is 4.79 Å². The Morgan fingerprint density at radius 2 is 2.25 bits per heavy atom. The molecule has 130 valence electrons. The van der Waals surface area contributed by atoms with Crippen LogP contribution in [0.15, 0.2) is 30.5 Å². The van der Waals surface area contributed by atoms with Crippen molar-refractivity contribution in [3.05, 3.63) is 45.9 Å². The van der Waals surface area contributed by atoms with E-state index in [1.807, 2.05) is 30.5 Å². The number of nitrogens with zero attached hydrogens (tertiary/aromatic N) is 1. The molecule has 2 N–H and O–H groups in total. The molecule has 1 aromatic carbocycles. The number of halogens is 2. The first-order valence-electron chi connectivity index (χ1n) is 7.84. The lowest BCUT2D eigenvalue weighted by molar-refractivity contribution is -0.120. The highest BCUT2D eigenvalue weighted by Gasteiger charge is 2.25. The fraction of sp³-hybridized carbons (Fsp3) is 0.412. The van der Waals surface area contributed by atoms with Crippen molar-refractivity contribution in [1.82, 2.24) is 10.3 Å². The lowest BCUT2D eigenvalue weighted by Crippen LogP contribution is -2.40. The van der Waals surface area contributed by atoms with E-state index in [1.165, 1.54) is 11.3 Å². The third kappa shape index (κ3) is 4.93. The zero-order valence-corrected chi connectivity index (χ0v) is 15.8. The van der Waals surface area contributed by atoms with Crippen molar-refractivity contribution in [3.8, 4) is 0 Å². The van der Waals surface area contributed by atoms with E-state index in [1.54, 1.807) is 0 Å². The minimum atomic E-state index is 0. The second-order valence-corrected chi connectivity index (χ2v) is 7.49. The average Bonchev–Trinajstić information content (AvgIpc) is 2.97. The summed E-state index contributed by atoms with van der Waals surface area (Å²) < 4.78 is 0. The molecule has 0 saturated carbocycles. The SMILES string of the molecule is C[C@H]1C[C@@H](C(=O)Nc2ncc(Cc3ccccc3Cl)s2)CCN1.Cl. The zero-order chi connectivity index (χ0) is 16.2. The summed E-state index contributed by atoms with van der Waals surface area (Å²) >= 11 is 7.70. The summed E-state index contributed by atoms with van der Waals surface area (Å²) in [7, 11) is 0. The predicted octanol–water partition coefficient (Wildman–Crippen LogP) is 4.14. The molecule has 1 aromatic heterocycles. The normalized spacial score (nSPS) is 20.2. The van der Waals surface area contributed by atoms with E-state index in [0.717, 1.165) is 41.3 Å². The van der Waals surface area contributed by atoms with Gasteiger partial charge >= 0.3 is 0 Å². The van der Waals surface area contributed by atoms with E-state index in [0.29, 0.717) is 11.2 Å². The minimum Gasteiger partial charge on any atom is -0.314 e. The summed E-state index contributed by atoms with van der Waals surface area (Å²) in [5.41, 5.74) is 1.07. The summed E-state index contributed by atoms with van der Waals surface area (Å²) in [6.45, 7) is 3.01. The largest absolute Gasteiger partial charge is 0.314 e. The Balaban J connectivity index is 0.00000208. The van der Waals surface area contributed by atoms with Crippen molar-refractivity contribution in [1.29, 1.82) is 0 Å². The number of aromatic nitrogens is 1. The standard InChI is InChI=1S/C17H20ClN3OS.ClH/c1-11-8-13(6-7-19-11)16(22)21-17-20-10-14(23-17)9-12-4-2-3-5-15(12)18;/h2-5,10-11,13,19H,6-9H2,1H3,(H,20,21,22);1H/t11-,13-;/m0./s1. The van der Waals surface area contributed by atoms with Gasteiger partial charge in [-0.25, -0.2) is 4.98 Å². The van der Waals surface area contributed by atoms with Gasteiger partial charge in [0.1, 0.15) is 0 Å². The summed E-state index contributed by atoms with van der Waals surface area (Å²) in [5, 5.41) is 7.75. The number of thiazole rings is 1. The highest BCUT2D eigenvalue weighted by Crippen LogP contribution is 2.26. The number of hydrogen-bond acceptors (Lipinski definition) is 4. The first-order valence-corrected chi connectivity index (χ1v) is 9.03. The Bertz CT molecular complexity index is 692. The summed E-state index contributed by atoms with van der Waals surface area (Å²) in [6.07, 6.45) is 4.31. The van der Waals surface area contributed by atoms with Crippen molar-refractivity contribution in [3.63, 3.8) is 0 Å². The molecule has 0 aliphatic carbocycles. The van der Waals surface area contributed by atoms with Crippen LogP contribution in [0.4, 0.5) is 5.13 Å². The van der Waals surface area contributed by atoms with Crippen LogP contribution < -0.4 is 10.6 Å². The molecule has 1 saturated heterocycles. The Hall–Kier alpha value is -1.14. The number of piperidine rings is 1. The van der Waals surface area contributed by atoms with Crippen LogP contribution in [0.5, 0.6) is 0 Å². The second kappa shape index (κ2) is 8.81. The number of hydrogen-bond donors (Lipinski definition) is 2. The fourth-order valence-electron chi connectivity index (χ4n) is 2.85. The maximum absolute atomic E-state index is 12.3. The summed E-state index contributed by atoms with van der Waals surface area (Å²) in [5.74, 6) is 0.152. The molecular formula is C17H21Cl2N3OS. The van der Waals surface area contributed by atoms with Gasteiger partial charge in [0.05, 0.1) is 0 Å². The first kappa shape index (κ1) is 19.2. The predicted molar refractivity (Wildman–Crippen MR) is 102 cm³/mol. The van der Waals surface area contributed by atoms with E-state index in [-0.39, 0.29) is 24.2 Å². The van der Waals surface area contributed by atoms with E-state index in [4.69, 9.17) is 11.6 Å². The number of carbonyl (C=O) groups is 1. The van der Waals surface area contributed by atoms with Crippen molar-refractivity contribution in [2.75, 3.05) is 11.9 Å². The van der Waals surface area contributed by atoms with Crippen molar-refractivity contribution < 1.29 is 4.79 Å². The average molecular weight is 386 g/mol. The molecule has 1 aliphatic heterocycles. The lowest BCUT2D eigenvalue weighted by Gasteiger charge is -2.26. The molecule has 2 heterocycles. The molecule has 3 rings (SSSR count). The molecule has 0 radical (unpaired) electrons. The highest BCUT2D eigenvalue weighted by atomic mass is 35.5.